The fourth-order valence-electron chi connectivity index (χ4n) is 1.41. The van der Waals surface area contributed by atoms with E-state index in [-0.39, 0.29) is 12.6 Å². The molecular formula is C11H19N3O2. The molecular weight excluding hydrogens is 206 g/mol. The summed E-state index contributed by atoms with van der Waals surface area (Å²) in [5.74, 6) is 1.13. The summed E-state index contributed by atoms with van der Waals surface area (Å²) in [6, 6.07) is 3.64. The van der Waals surface area contributed by atoms with Gasteiger partial charge in [-0.2, -0.15) is 4.98 Å². The molecule has 4 N–H and O–H groups in total. The normalized spacial score (nSPS) is 12.2. The molecule has 0 saturated carbocycles. The lowest BCUT2D eigenvalue weighted by Gasteiger charge is -2.17. The number of nitrogens with two attached hydrogens (primary N) is 1. The number of nitrogens with zero attached hydrogens (tertiary/aromatic N) is 1. The number of aromatic nitrogens is 1. The van der Waals surface area contributed by atoms with Gasteiger partial charge in [0.15, 0.2) is 5.82 Å². The molecule has 0 radical (unpaired) electrons. The third kappa shape index (κ3) is 3.27. The molecule has 0 amide bonds. The van der Waals surface area contributed by atoms with E-state index in [1.54, 1.807) is 19.2 Å². The summed E-state index contributed by atoms with van der Waals surface area (Å²) >= 11 is 0. The Morgan fingerprint density at radius 2 is 2.31 bits per heavy atom. The molecule has 1 rings (SSSR count). The van der Waals surface area contributed by atoms with E-state index >= 15 is 0 Å². The van der Waals surface area contributed by atoms with Crippen molar-refractivity contribution in [1.82, 2.24) is 4.98 Å². The van der Waals surface area contributed by atoms with Crippen LogP contribution in [-0.4, -0.2) is 29.8 Å². The van der Waals surface area contributed by atoms with E-state index in [0.717, 1.165) is 6.42 Å². The van der Waals surface area contributed by atoms with Gasteiger partial charge in [0.05, 0.1) is 12.8 Å². The van der Waals surface area contributed by atoms with Crippen molar-refractivity contribution in [1.29, 1.82) is 0 Å². The van der Waals surface area contributed by atoms with E-state index < -0.39 is 0 Å². The second-order valence-electron chi connectivity index (χ2n) is 3.55. The standard InChI is InChI=1S/C11H19N3O2/c1-3-8(6-7-15)13-11-9(12)4-5-10(14-11)16-2/h4-5,8,15H,3,6-7,12H2,1-2H3,(H,13,14). The molecule has 1 aromatic rings. The monoisotopic (exact) mass is 225 g/mol. The summed E-state index contributed by atoms with van der Waals surface area (Å²) in [6.45, 7) is 2.19. The van der Waals surface area contributed by atoms with Gasteiger partial charge in [0, 0.05) is 18.7 Å². The molecule has 0 aliphatic rings. The topological polar surface area (TPSA) is 80.4 Å². The highest BCUT2D eigenvalue weighted by Crippen LogP contribution is 2.21. The zero-order valence-electron chi connectivity index (χ0n) is 9.73. The van der Waals surface area contributed by atoms with E-state index in [1.807, 2.05) is 6.92 Å². The Hall–Kier alpha value is -1.49. The van der Waals surface area contributed by atoms with E-state index in [2.05, 4.69) is 10.3 Å². The number of anilines is 2. The molecule has 90 valence electrons. The first-order chi connectivity index (χ1) is 7.71. The minimum Gasteiger partial charge on any atom is -0.481 e. The fraction of sp³-hybridized carbons (Fsp3) is 0.545. The molecule has 5 heteroatoms. The maximum atomic E-state index is 8.90. The molecule has 0 spiro atoms. The number of methoxy groups -OCH3 is 1. The average molecular weight is 225 g/mol. The van der Waals surface area contributed by atoms with Gasteiger partial charge >= 0.3 is 0 Å². The highest BCUT2D eigenvalue weighted by molar-refractivity contribution is 5.62. The van der Waals surface area contributed by atoms with Gasteiger partial charge in [-0.15, -0.1) is 0 Å². The van der Waals surface area contributed by atoms with Crippen LogP contribution in [0.25, 0.3) is 0 Å². The smallest absolute Gasteiger partial charge is 0.215 e. The second kappa shape index (κ2) is 6.17. The number of aliphatic hydroxyl groups excluding tert-OH is 1. The first kappa shape index (κ1) is 12.6. The summed E-state index contributed by atoms with van der Waals surface area (Å²) in [4.78, 5) is 4.22. The van der Waals surface area contributed by atoms with Crippen LogP contribution >= 0.6 is 0 Å². The first-order valence-corrected chi connectivity index (χ1v) is 5.39. The molecule has 0 fully saturated rings. The molecule has 1 heterocycles. The van der Waals surface area contributed by atoms with E-state index in [4.69, 9.17) is 15.6 Å². The predicted octanol–water partition coefficient (Wildman–Crippen LogP) is 1.25. The second-order valence-corrected chi connectivity index (χ2v) is 3.55. The van der Waals surface area contributed by atoms with Gasteiger partial charge in [-0.25, -0.2) is 0 Å². The molecule has 5 nitrogen and oxygen atoms in total. The van der Waals surface area contributed by atoms with Gasteiger partial charge in [-0.05, 0) is 18.9 Å². The van der Waals surface area contributed by atoms with Gasteiger partial charge in [-0.3, -0.25) is 0 Å². The van der Waals surface area contributed by atoms with Gasteiger partial charge in [0.25, 0.3) is 0 Å². The summed E-state index contributed by atoms with van der Waals surface area (Å²) in [5.41, 5.74) is 6.38. The van der Waals surface area contributed by atoms with E-state index in [0.29, 0.717) is 23.8 Å². The van der Waals surface area contributed by atoms with Crippen LogP contribution < -0.4 is 15.8 Å². The largest absolute Gasteiger partial charge is 0.481 e. The maximum absolute atomic E-state index is 8.90. The molecule has 0 saturated heterocycles. The molecule has 0 aromatic carbocycles. The number of ether oxygens (including phenoxy) is 1. The third-order valence-electron chi connectivity index (χ3n) is 2.42. The van der Waals surface area contributed by atoms with Crippen LogP contribution in [-0.2, 0) is 0 Å². The zero-order valence-corrected chi connectivity index (χ0v) is 9.73. The predicted molar refractivity (Wildman–Crippen MR) is 64.6 cm³/mol. The highest BCUT2D eigenvalue weighted by Gasteiger charge is 2.09. The Balaban J connectivity index is 2.77. The Morgan fingerprint density at radius 3 is 2.88 bits per heavy atom. The number of hydrogen-bond acceptors (Lipinski definition) is 5. The number of hydrogen-bond donors (Lipinski definition) is 3. The van der Waals surface area contributed by atoms with Crippen LogP contribution in [0.4, 0.5) is 11.5 Å². The van der Waals surface area contributed by atoms with E-state index in [9.17, 15) is 0 Å². The Labute approximate surface area is 95.6 Å². The van der Waals surface area contributed by atoms with Crippen molar-refractivity contribution in [2.24, 2.45) is 0 Å². The van der Waals surface area contributed by atoms with Crippen molar-refractivity contribution < 1.29 is 9.84 Å². The number of rotatable bonds is 6. The zero-order chi connectivity index (χ0) is 12.0. The fourth-order valence-corrected chi connectivity index (χ4v) is 1.41. The van der Waals surface area contributed by atoms with Gasteiger partial charge < -0.3 is 20.9 Å². The maximum Gasteiger partial charge on any atom is 0.215 e. The molecule has 0 aliphatic carbocycles. The van der Waals surface area contributed by atoms with Crippen LogP contribution in [0, 0.1) is 0 Å². The van der Waals surface area contributed by atoms with Gasteiger partial charge in [-0.1, -0.05) is 6.92 Å². The lowest BCUT2D eigenvalue weighted by molar-refractivity contribution is 0.278. The van der Waals surface area contributed by atoms with Crippen LogP contribution in [0.15, 0.2) is 12.1 Å². The van der Waals surface area contributed by atoms with Crippen molar-refractivity contribution in [2.75, 3.05) is 24.8 Å². The highest BCUT2D eigenvalue weighted by atomic mass is 16.5. The van der Waals surface area contributed by atoms with Crippen LogP contribution in [0.5, 0.6) is 5.88 Å². The summed E-state index contributed by atoms with van der Waals surface area (Å²) in [5, 5.41) is 12.1. The average Bonchev–Trinajstić information content (AvgIpc) is 2.31. The van der Waals surface area contributed by atoms with Crippen molar-refractivity contribution in [3.8, 4) is 5.88 Å². The Kier molecular flexibility index (Phi) is 4.85. The number of pyridine rings is 1. The molecule has 0 bridgehead atoms. The quantitative estimate of drug-likeness (QED) is 0.679. The lowest BCUT2D eigenvalue weighted by atomic mass is 10.1. The summed E-state index contributed by atoms with van der Waals surface area (Å²) in [7, 11) is 1.56. The number of nitrogen functional groups attached to an aromatic ring is 1. The Morgan fingerprint density at radius 1 is 1.56 bits per heavy atom. The van der Waals surface area contributed by atoms with Crippen molar-refractivity contribution >= 4 is 11.5 Å². The van der Waals surface area contributed by atoms with Crippen LogP contribution in [0.2, 0.25) is 0 Å². The summed E-state index contributed by atoms with van der Waals surface area (Å²) in [6.07, 6.45) is 1.58. The Bertz CT molecular complexity index is 331. The number of aliphatic hydroxyl groups is 1. The van der Waals surface area contributed by atoms with Crippen LogP contribution in [0.3, 0.4) is 0 Å². The van der Waals surface area contributed by atoms with Gasteiger partial charge in [0.2, 0.25) is 5.88 Å². The van der Waals surface area contributed by atoms with Gasteiger partial charge in [0.1, 0.15) is 0 Å². The molecule has 1 aromatic heterocycles. The summed E-state index contributed by atoms with van der Waals surface area (Å²) < 4.78 is 5.03. The molecule has 0 aliphatic heterocycles. The van der Waals surface area contributed by atoms with Crippen molar-refractivity contribution in [3.05, 3.63) is 12.1 Å². The molecule has 16 heavy (non-hydrogen) atoms. The van der Waals surface area contributed by atoms with Crippen molar-refractivity contribution in [2.45, 2.75) is 25.8 Å². The lowest BCUT2D eigenvalue weighted by Crippen LogP contribution is -2.21. The molecule has 1 atom stereocenters. The minimum atomic E-state index is 0.148. The SMILES string of the molecule is CCC(CCO)Nc1nc(OC)ccc1N. The minimum absolute atomic E-state index is 0.148. The molecule has 1 unspecified atom stereocenters. The van der Waals surface area contributed by atoms with Crippen molar-refractivity contribution in [3.63, 3.8) is 0 Å². The first-order valence-electron chi connectivity index (χ1n) is 5.39. The van der Waals surface area contributed by atoms with E-state index in [1.165, 1.54) is 0 Å². The number of nitrogens with one attached hydrogen (secondary N) is 1. The van der Waals surface area contributed by atoms with Crippen LogP contribution in [0.1, 0.15) is 19.8 Å². The third-order valence-corrected chi connectivity index (χ3v) is 2.42.